The summed E-state index contributed by atoms with van der Waals surface area (Å²) in [4.78, 5) is 15.8. The number of hydrogen-bond donors (Lipinski definition) is 2. The number of rotatable bonds is 2. The summed E-state index contributed by atoms with van der Waals surface area (Å²) >= 11 is 4.63. The Balaban J connectivity index is 2.14. The zero-order chi connectivity index (χ0) is 11.5. The second kappa shape index (κ2) is 4.63. The molecule has 1 amide bonds. The normalized spacial score (nSPS) is 10.1. The summed E-state index contributed by atoms with van der Waals surface area (Å²) in [5.41, 5.74) is 6.68. The van der Waals surface area contributed by atoms with Crippen molar-refractivity contribution in [3.05, 3.63) is 39.8 Å². The van der Waals surface area contributed by atoms with Gasteiger partial charge in [0.15, 0.2) is 5.13 Å². The molecule has 2 rings (SSSR count). The lowest BCUT2D eigenvalue weighted by Gasteiger charge is -2.01. The molecule has 4 nitrogen and oxygen atoms in total. The minimum atomic E-state index is -0.214. The van der Waals surface area contributed by atoms with Crippen LogP contribution in [0.15, 0.2) is 34.2 Å². The van der Waals surface area contributed by atoms with Gasteiger partial charge in [-0.1, -0.05) is 17.4 Å². The SMILES string of the molecule is Nc1cccc(C(=O)Nc2ncc(Br)s2)c1. The van der Waals surface area contributed by atoms with Gasteiger partial charge in [-0.2, -0.15) is 0 Å². The van der Waals surface area contributed by atoms with E-state index in [0.29, 0.717) is 16.4 Å². The average Bonchev–Trinajstić information content (AvgIpc) is 2.64. The van der Waals surface area contributed by atoms with E-state index in [4.69, 9.17) is 5.73 Å². The zero-order valence-corrected chi connectivity index (χ0v) is 10.5. The third kappa shape index (κ3) is 2.59. The maximum Gasteiger partial charge on any atom is 0.257 e. The molecule has 3 N–H and O–H groups in total. The summed E-state index contributed by atoms with van der Waals surface area (Å²) in [5, 5.41) is 3.24. The lowest BCUT2D eigenvalue weighted by Crippen LogP contribution is -2.11. The molecule has 1 heterocycles. The van der Waals surface area contributed by atoms with Gasteiger partial charge in [-0.3, -0.25) is 10.1 Å². The van der Waals surface area contributed by atoms with Gasteiger partial charge in [0.25, 0.3) is 5.91 Å². The topological polar surface area (TPSA) is 68.0 Å². The molecule has 0 atom stereocenters. The van der Waals surface area contributed by atoms with E-state index < -0.39 is 0 Å². The molecule has 0 unspecified atom stereocenters. The predicted molar refractivity (Wildman–Crippen MR) is 68.6 cm³/mol. The number of nitrogens with one attached hydrogen (secondary N) is 1. The summed E-state index contributed by atoms with van der Waals surface area (Å²) < 4.78 is 0.871. The molecular formula is C10H8BrN3OS. The van der Waals surface area contributed by atoms with Crippen molar-refractivity contribution < 1.29 is 4.79 Å². The smallest absolute Gasteiger partial charge is 0.257 e. The van der Waals surface area contributed by atoms with E-state index in [1.54, 1.807) is 30.5 Å². The minimum absolute atomic E-state index is 0.214. The molecule has 0 radical (unpaired) electrons. The van der Waals surface area contributed by atoms with Crippen molar-refractivity contribution in [1.29, 1.82) is 0 Å². The molecule has 0 aliphatic carbocycles. The molecule has 0 aliphatic rings. The van der Waals surface area contributed by atoms with E-state index in [1.807, 2.05) is 0 Å². The third-order valence-electron chi connectivity index (χ3n) is 1.85. The summed E-state index contributed by atoms with van der Waals surface area (Å²) in [7, 11) is 0. The van der Waals surface area contributed by atoms with E-state index in [2.05, 4.69) is 26.2 Å². The number of nitrogens with zero attached hydrogens (tertiary/aromatic N) is 1. The number of aromatic nitrogens is 1. The molecule has 0 saturated heterocycles. The van der Waals surface area contributed by atoms with Crippen molar-refractivity contribution in [3.63, 3.8) is 0 Å². The molecule has 1 aromatic carbocycles. The maximum absolute atomic E-state index is 11.8. The Bertz CT molecular complexity index is 526. The Morgan fingerprint density at radius 3 is 2.94 bits per heavy atom. The molecule has 0 fully saturated rings. The van der Waals surface area contributed by atoms with Crippen LogP contribution in [0.25, 0.3) is 0 Å². The maximum atomic E-state index is 11.8. The van der Waals surface area contributed by atoms with E-state index in [0.717, 1.165) is 3.79 Å². The molecule has 6 heteroatoms. The first-order chi connectivity index (χ1) is 7.65. The Hall–Kier alpha value is -1.40. The van der Waals surface area contributed by atoms with Crippen molar-refractivity contribution in [2.24, 2.45) is 0 Å². The Morgan fingerprint density at radius 2 is 2.31 bits per heavy atom. The third-order valence-corrected chi connectivity index (χ3v) is 3.24. The van der Waals surface area contributed by atoms with Crippen LogP contribution in [0.4, 0.5) is 10.8 Å². The van der Waals surface area contributed by atoms with Crippen molar-refractivity contribution >= 4 is 44.0 Å². The van der Waals surface area contributed by atoms with Crippen molar-refractivity contribution in [3.8, 4) is 0 Å². The summed E-state index contributed by atoms with van der Waals surface area (Å²) in [5.74, 6) is -0.214. The minimum Gasteiger partial charge on any atom is -0.399 e. The summed E-state index contributed by atoms with van der Waals surface area (Å²) in [6, 6.07) is 6.80. The number of nitrogens with two attached hydrogens (primary N) is 1. The van der Waals surface area contributed by atoms with Crippen LogP contribution >= 0.6 is 27.3 Å². The molecule has 0 saturated carbocycles. The first kappa shape index (κ1) is 11.1. The number of amides is 1. The Labute approximate surface area is 105 Å². The van der Waals surface area contributed by atoms with Crippen LogP contribution in [0.2, 0.25) is 0 Å². The first-order valence-corrected chi connectivity index (χ1v) is 6.04. The standard InChI is InChI=1S/C10H8BrN3OS/c11-8-5-13-10(16-8)14-9(15)6-2-1-3-7(12)4-6/h1-5H,12H2,(H,13,14,15). The largest absolute Gasteiger partial charge is 0.399 e. The molecule has 2 aromatic rings. The molecule has 16 heavy (non-hydrogen) atoms. The zero-order valence-electron chi connectivity index (χ0n) is 8.11. The molecule has 1 aromatic heterocycles. The van der Waals surface area contributed by atoms with Crippen LogP contribution in [0.3, 0.4) is 0 Å². The van der Waals surface area contributed by atoms with E-state index >= 15 is 0 Å². The monoisotopic (exact) mass is 297 g/mol. The highest BCUT2D eigenvalue weighted by molar-refractivity contribution is 9.11. The molecule has 0 aliphatic heterocycles. The fraction of sp³-hybridized carbons (Fsp3) is 0. The Kier molecular flexibility index (Phi) is 3.21. The van der Waals surface area contributed by atoms with Crippen LogP contribution in [0.1, 0.15) is 10.4 Å². The number of anilines is 2. The number of hydrogen-bond acceptors (Lipinski definition) is 4. The number of halogens is 1. The van der Waals surface area contributed by atoms with Gasteiger partial charge in [-0.25, -0.2) is 4.98 Å². The van der Waals surface area contributed by atoms with Crippen molar-refractivity contribution in [1.82, 2.24) is 4.98 Å². The number of carbonyl (C=O) groups is 1. The van der Waals surface area contributed by atoms with Crippen LogP contribution < -0.4 is 11.1 Å². The van der Waals surface area contributed by atoms with Gasteiger partial charge in [0, 0.05) is 11.3 Å². The summed E-state index contributed by atoms with van der Waals surface area (Å²) in [6.45, 7) is 0. The molecular weight excluding hydrogens is 290 g/mol. The van der Waals surface area contributed by atoms with Gasteiger partial charge in [0.05, 0.1) is 9.98 Å². The second-order valence-electron chi connectivity index (χ2n) is 3.05. The number of nitrogen functional groups attached to an aromatic ring is 1. The van der Waals surface area contributed by atoms with Crippen LogP contribution in [-0.4, -0.2) is 10.9 Å². The van der Waals surface area contributed by atoms with E-state index in [1.165, 1.54) is 11.3 Å². The predicted octanol–water partition coefficient (Wildman–Crippen LogP) is 2.74. The summed E-state index contributed by atoms with van der Waals surface area (Å²) in [6.07, 6.45) is 1.64. The lowest BCUT2D eigenvalue weighted by molar-refractivity contribution is 0.102. The number of thiazole rings is 1. The van der Waals surface area contributed by atoms with Crippen LogP contribution in [-0.2, 0) is 0 Å². The first-order valence-electron chi connectivity index (χ1n) is 4.43. The van der Waals surface area contributed by atoms with Crippen molar-refractivity contribution in [2.75, 3.05) is 11.1 Å². The Morgan fingerprint density at radius 1 is 1.50 bits per heavy atom. The van der Waals surface area contributed by atoms with Crippen LogP contribution in [0, 0.1) is 0 Å². The molecule has 0 spiro atoms. The number of benzene rings is 1. The van der Waals surface area contributed by atoms with Crippen molar-refractivity contribution in [2.45, 2.75) is 0 Å². The van der Waals surface area contributed by atoms with Gasteiger partial charge in [-0.05, 0) is 34.1 Å². The quantitative estimate of drug-likeness (QED) is 0.838. The second-order valence-corrected chi connectivity index (χ2v) is 5.46. The lowest BCUT2D eigenvalue weighted by atomic mass is 10.2. The molecule has 82 valence electrons. The average molecular weight is 298 g/mol. The van der Waals surface area contributed by atoms with E-state index in [-0.39, 0.29) is 5.91 Å². The highest BCUT2D eigenvalue weighted by atomic mass is 79.9. The molecule has 0 bridgehead atoms. The van der Waals surface area contributed by atoms with E-state index in [9.17, 15) is 4.79 Å². The van der Waals surface area contributed by atoms with Gasteiger partial charge in [0.2, 0.25) is 0 Å². The highest BCUT2D eigenvalue weighted by Gasteiger charge is 2.08. The van der Waals surface area contributed by atoms with Gasteiger partial charge >= 0.3 is 0 Å². The fourth-order valence-corrected chi connectivity index (χ4v) is 2.26. The highest BCUT2D eigenvalue weighted by Crippen LogP contribution is 2.23. The van der Waals surface area contributed by atoms with Gasteiger partial charge in [-0.15, -0.1) is 0 Å². The van der Waals surface area contributed by atoms with Gasteiger partial charge < -0.3 is 5.73 Å². The number of carbonyl (C=O) groups excluding carboxylic acids is 1. The van der Waals surface area contributed by atoms with Gasteiger partial charge in [0.1, 0.15) is 0 Å². The fourth-order valence-electron chi connectivity index (χ4n) is 1.16. The van der Waals surface area contributed by atoms with Crippen LogP contribution in [0.5, 0.6) is 0 Å².